The van der Waals surface area contributed by atoms with Gasteiger partial charge in [0.25, 0.3) is 0 Å². The lowest BCUT2D eigenvalue weighted by molar-refractivity contribution is 0.0554. The Morgan fingerprint density at radius 2 is 1.73 bits per heavy atom. The van der Waals surface area contributed by atoms with E-state index in [0.29, 0.717) is 12.1 Å². The Bertz CT molecular complexity index is 1060. The molecule has 2 fully saturated rings. The van der Waals surface area contributed by atoms with Gasteiger partial charge in [-0.2, -0.15) is 0 Å². The van der Waals surface area contributed by atoms with Gasteiger partial charge in [-0.25, -0.2) is 4.79 Å². The second-order valence-corrected chi connectivity index (χ2v) is 9.00. The SMILES string of the molecule is Cc1ccccc1CC1CC(n2c(=O)[nH]c3ccccc32)CCN1C1CCNCC1. The predicted molar refractivity (Wildman–Crippen MR) is 122 cm³/mol. The second kappa shape index (κ2) is 8.40. The number of aromatic nitrogens is 2. The molecule has 0 saturated carbocycles. The normalized spacial score (nSPS) is 23.8. The molecule has 2 N–H and O–H groups in total. The Morgan fingerprint density at radius 1 is 0.967 bits per heavy atom. The fourth-order valence-electron chi connectivity index (χ4n) is 5.63. The molecule has 2 saturated heterocycles. The number of hydrogen-bond donors (Lipinski definition) is 2. The van der Waals surface area contributed by atoms with E-state index in [9.17, 15) is 4.79 Å². The molecule has 0 spiro atoms. The summed E-state index contributed by atoms with van der Waals surface area (Å²) in [6.45, 7) is 5.51. The van der Waals surface area contributed by atoms with Crippen molar-refractivity contribution in [3.63, 3.8) is 0 Å². The number of fused-ring (bicyclic) bond motifs is 1. The van der Waals surface area contributed by atoms with E-state index in [1.54, 1.807) is 0 Å². The van der Waals surface area contributed by atoms with Gasteiger partial charge >= 0.3 is 5.69 Å². The van der Waals surface area contributed by atoms with Crippen LogP contribution in [0.1, 0.15) is 42.9 Å². The molecule has 2 aliphatic rings. The van der Waals surface area contributed by atoms with Crippen LogP contribution in [0.4, 0.5) is 0 Å². The van der Waals surface area contributed by atoms with Gasteiger partial charge in [-0.1, -0.05) is 36.4 Å². The summed E-state index contributed by atoms with van der Waals surface area (Å²) in [7, 11) is 0. The van der Waals surface area contributed by atoms with E-state index in [4.69, 9.17) is 0 Å². The van der Waals surface area contributed by atoms with E-state index in [-0.39, 0.29) is 11.7 Å². The van der Waals surface area contributed by atoms with Gasteiger partial charge in [0.1, 0.15) is 0 Å². The third-order valence-corrected chi connectivity index (χ3v) is 7.22. The van der Waals surface area contributed by atoms with E-state index < -0.39 is 0 Å². The van der Waals surface area contributed by atoms with Gasteiger partial charge in [0.15, 0.2) is 0 Å². The van der Waals surface area contributed by atoms with Crippen molar-refractivity contribution in [3.05, 3.63) is 70.1 Å². The van der Waals surface area contributed by atoms with Crippen LogP contribution in [0.2, 0.25) is 0 Å². The number of nitrogens with zero attached hydrogens (tertiary/aromatic N) is 2. The zero-order valence-corrected chi connectivity index (χ0v) is 17.8. The zero-order valence-electron chi connectivity index (χ0n) is 17.8. The number of para-hydroxylation sites is 2. The van der Waals surface area contributed by atoms with Gasteiger partial charge in [0.05, 0.1) is 11.0 Å². The number of piperidine rings is 2. The van der Waals surface area contributed by atoms with Crippen LogP contribution in [-0.4, -0.2) is 46.2 Å². The Labute approximate surface area is 178 Å². The molecule has 3 aromatic rings. The summed E-state index contributed by atoms with van der Waals surface area (Å²) in [5.74, 6) is 0. The first-order chi connectivity index (χ1) is 14.7. The number of aromatic amines is 1. The summed E-state index contributed by atoms with van der Waals surface area (Å²) in [6.07, 6.45) is 5.57. The van der Waals surface area contributed by atoms with Crippen LogP contribution in [0.5, 0.6) is 0 Å². The predicted octanol–water partition coefficient (Wildman–Crippen LogP) is 3.64. The van der Waals surface area contributed by atoms with Gasteiger partial charge in [0.2, 0.25) is 0 Å². The molecule has 0 bridgehead atoms. The molecular weight excluding hydrogens is 372 g/mol. The van der Waals surface area contributed by atoms with Crippen LogP contribution >= 0.6 is 0 Å². The fourth-order valence-corrected chi connectivity index (χ4v) is 5.63. The molecule has 2 aliphatic heterocycles. The molecule has 0 amide bonds. The Hall–Kier alpha value is -2.37. The van der Waals surface area contributed by atoms with Crippen LogP contribution in [0.25, 0.3) is 11.0 Å². The molecule has 5 heteroatoms. The quantitative estimate of drug-likeness (QED) is 0.698. The Kier molecular flexibility index (Phi) is 5.48. The molecule has 158 valence electrons. The highest BCUT2D eigenvalue weighted by Crippen LogP contribution is 2.33. The lowest BCUT2D eigenvalue weighted by Crippen LogP contribution is -2.53. The highest BCUT2D eigenvalue weighted by Gasteiger charge is 2.35. The van der Waals surface area contributed by atoms with Crippen LogP contribution in [-0.2, 0) is 6.42 Å². The molecule has 2 atom stereocenters. The molecule has 2 unspecified atom stereocenters. The van der Waals surface area contributed by atoms with Crippen LogP contribution < -0.4 is 11.0 Å². The van der Waals surface area contributed by atoms with Gasteiger partial charge < -0.3 is 10.3 Å². The van der Waals surface area contributed by atoms with Crippen molar-refractivity contribution >= 4 is 11.0 Å². The van der Waals surface area contributed by atoms with Crippen molar-refractivity contribution in [1.29, 1.82) is 0 Å². The number of rotatable bonds is 4. The molecule has 30 heavy (non-hydrogen) atoms. The topological polar surface area (TPSA) is 53.1 Å². The fraction of sp³-hybridized carbons (Fsp3) is 0.480. The molecule has 2 aromatic carbocycles. The Morgan fingerprint density at radius 3 is 2.57 bits per heavy atom. The largest absolute Gasteiger partial charge is 0.326 e. The minimum atomic E-state index is 0.0335. The van der Waals surface area contributed by atoms with E-state index in [2.05, 4.69) is 52.5 Å². The summed E-state index contributed by atoms with van der Waals surface area (Å²) in [5.41, 5.74) is 4.82. The summed E-state index contributed by atoms with van der Waals surface area (Å²) in [4.78, 5) is 18.7. The molecule has 5 nitrogen and oxygen atoms in total. The molecular formula is C25H32N4O. The number of nitrogens with one attached hydrogen (secondary N) is 2. The average Bonchev–Trinajstić information content (AvgIpc) is 3.11. The second-order valence-electron chi connectivity index (χ2n) is 9.00. The summed E-state index contributed by atoms with van der Waals surface area (Å²) < 4.78 is 2.03. The monoisotopic (exact) mass is 404 g/mol. The van der Waals surface area contributed by atoms with Crippen molar-refractivity contribution in [2.45, 2.75) is 57.2 Å². The van der Waals surface area contributed by atoms with Crippen LogP contribution in [0, 0.1) is 6.92 Å². The zero-order chi connectivity index (χ0) is 20.5. The molecule has 3 heterocycles. The number of aryl methyl sites for hydroxylation is 1. The van der Waals surface area contributed by atoms with E-state index in [1.165, 1.54) is 24.0 Å². The molecule has 5 rings (SSSR count). The van der Waals surface area contributed by atoms with E-state index >= 15 is 0 Å². The summed E-state index contributed by atoms with van der Waals surface area (Å²) in [6, 6.07) is 18.2. The minimum absolute atomic E-state index is 0.0335. The highest BCUT2D eigenvalue weighted by molar-refractivity contribution is 5.75. The first-order valence-corrected chi connectivity index (χ1v) is 11.4. The molecule has 0 radical (unpaired) electrons. The van der Waals surface area contributed by atoms with Crippen molar-refractivity contribution in [3.8, 4) is 0 Å². The number of benzene rings is 2. The summed E-state index contributed by atoms with van der Waals surface area (Å²) in [5, 5.41) is 3.51. The van der Waals surface area contributed by atoms with Crippen LogP contribution in [0.15, 0.2) is 53.3 Å². The highest BCUT2D eigenvalue weighted by atomic mass is 16.1. The third kappa shape index (κ3) is 3.72. The maximum absolute atomic E-state index is 12.8. The van der Waals surface area contributed by atoms with Gasteiger partial charge in [0, 0.05) is 24.7 Å². The van der Waals surface area contributed by atoms with E-state index in [0.717, 1.165) is 49.9 Å². The lowest BCUT2D eigenvalue weighted by atomic mass is 9.88. The maximum Gasteiger partial charge on any atom is 0.326 e. The lowest BCUT2D eigenvalue weighted by Gasteiger charge is -2.45. The number of likely N-dealkylation sites (tertiary alicyclic amines) is 1. The van der Waals surface area contributed by atoms with Gasteiger partial charge in [-0.05, 0) is 75.4 Å². The number of hydrogen-bond acceptors (Lipinski definition) is 3. The average molecular weight is 405 g/mol. The van der Waals surface area contributed by atoms with Crippen molar-refractivity contribution in [2.75, 3.05) is 19.6 Å². The Balaban J connectivity index is 1.46. The van der Waals surface area contributed by atoms with Gasteiger partial charge in [-0.3, -0.25) is 9.47 Å². The number of H-pyrrole nitrogens is 1. The third-order valence-electron chi connectivity index (χ3n) is 7.22. The summed E-state index contributed by atoms with van der Waals surface area (Å²) >= 11 is 0. The van der Waals surface area contributed by atoms with Crippen molar-refractivity contribution < 1.29 is 0 Å². The molecule has 1 aromatic heterocycles. The number of imidazole rings is 1. The first-order valence-electron chi connectivity index (χ1n) is 11.4. The van der Waals surface area contributed by atoms with Crippen LogP contribution in [0.3, 0.4) is 0 Å². The standard InChI is InChI=1S/C25H32N4O/c1-18-6-2-3-7-19(18)16-22-17-21(12-15-28(22)20-10-13-26-14-11-20)29-24-9-5-4-8-23(24)27-25(29)30/h2-9,20-22,26H,10-17H2,1H3,(H,27,30). The first kappa shape index (κ1) is 19.6. The minimum Gasteiger partial charge on any atom is -0.317 e. The molecule has 0 aliphatic carbocycles. The van der Waals surface area contributed by atoms with E-state index in [1.807, 2.05) is 22.8 Å². The van der Waals surface area contributed by atoms with Gasteiger partial charge in [-0.15, -0.1) is 0 Å². The van der Waals surface area contributed by atoms with Crippen molar-refractivity contribution in [1.82, 2.24) is 19.8 Å². The smallest absolute Gasteiger partial charge is 0.317 e. The van der Waals surface area contributed by atoms with Crippen molar-refractivity contribution in [2.24, 2.45) is 0 Å². The maximum atomic E-state index is 12.8.